The maximum absolute atomic E-state index is 6.17. The van der Waals surface area contributed by atoms with Crippen LogP contribution in [-0.4, -0.2) is 55.0 Å². The third-order valence-electron chi connectivity index (χ3n) is 4.24. The third kappa shape index (κ3) is 3.91. The molecule has 0 spiro atoms. The number of rotatable bonds is 3. The van der Waals surface area contributed by atoms with Crippen LogP contribution in [0.25, 0.3) is 0 Å². The molecule has 0 aromatic carbocycles. The van der Waals surface area contributed by atoms with E-state index in [1.807, 2.05) is 0 Å². The lowest BCUT2D eigenvalue weighted by atomic mass is 9.87. The Hall–Kier alpha value is -0.160. The first-order chi connectivity index (χ1) is 8.83. The van der Waals surface area contributed by atoms with Crippen molar-refractivity contribution in [3.8, 4) is 0 Å². The van der Waals surface area contributed by atoms with Crippen molar-refractivity contribution in [1.82, 2.24) is 4.90 Å². The summed E-state index contributed by atoms with van der Waals surface area (Å²) in [6.07, 6.45) is 2.28. The molecule has 0 aromatic rings. The van der Waals surface area contributed by atoms with E-state index in [1.165, 1.54) is 0 Å². The second-order valence-corrected chi connectivity index (χ2v) is 7.28. The minimum Gasteiger partial charge on any atom is -0.381 e. The van der Waals surface area contributed by atoms with Crippen molar-refractivity contribution in [3.63, 3.8) is 0 Å². The van der Waals surface area contributed by atoms with E-state index >= 15 is 0 Å². The van der Waals surface area contributed by atoms with Gasteiger partial charge in [-0.05, 0) is 46.5 Å². The van der Waals surface area contributed by atoms with Gasteiger partial charge in [0.25, 0.3) is 0 Å². The first-order valence-electron chi connectivity index (χ1n) is 7.55. The summed E-state index contributed by atoms with van der Waals surface area (Å²) in [6, 6.07) is 0.464. The molecule has 2 aliphatic heterocycles. The van der Waals surface area contributed by atoms with Gasteiger partial charge in [-0.25, -0.2) is 0 Å². The maximum Gasteiger partial charge on any atom is 0.0760 e. The SMILES string of the molecule is CC1(C)CN(C(CN)C2CCOCC2)CC(C)(C)O1. The summed E-state index contributed by atoms with van der Waals surface area (Å²) in [4.78, 5) is 2.56. The van der Waals surface area contributed by atoms with Crippen LogP contribution < -0.4 is 5.73 Å². The Labute approximate surface area is 117 Å². The molecular weight excluding hydrogens is 240 g/mol. The molecule has 112 valence electrons. The number of hydrogen-bond acceptors (Lipinski definition) is 4. The monoisotopic (exact) mass is 270 g/mol. The molecule has 2 heterocycles. The predicted octanol–water partition coefficient (Wildman–Crippen LogP) is 1.63. The van der Waals surface area contributed by atoms with Crippen LogP contribution in [0.15, 0.2) is 0 Å². The van der Waals surface area contributed by atoms with E-state index in [-0.39, 0.29) is 11.2 Å². The number of nitrogens with zero attached hydrogens (tertiary/aromatic N) is 1. The average Bonchev–Trinajstić information content (AvgIpc) is 2.27. The van der Waals surface area contributed by atoms with Crippen LogP contribution in [0.2, 0.25) is 0 Å². The highest BCUT2D eigenvalue weighted by molar-refractivity contribution is 4.94. The molecule has 0 radical (unpaired) electrons. The van der Waals surface area contributed by atoms with E-state index in [9.17, 15) is 0 Å². The van der Waals surface area contributed by atoms with E-state index < -0.39 is 0 Å². The molecule has 0 saturated carbocycles. The molecule has 2 rings (SSSR count). The molecule has 2 aliphatic rings. The van der Waals surface area contributed by atoms with Crippen molar-refractivity contribution in [2.45, 2.75) is 57.8 Å². The fraction of sp³-hybridized carbons (Fsp3) is 1.00. The Morgan fingerprint density at radius 3 is 2.11 bits per heavy atom. The minimum atomic E-state index is -0.0969. The van der Waals surface area contributed by atoms with Crippen LogP contribution in [0.5, 0.6) is 0 Å². The Bertz CT molecular complexity index is 283. The van der Waals surface area contributed by atoms with Crippen LogP contribution in [-0.2, 0) is 9.47 Å². The van der Waals surface area contributed by atoms with Crippen molar-refractivity contribution in [2.75, 3.05) is 32.8 Å². The molecule has 0 bridgehead atoms. The van der Waals surface area contributed by atoms with Crippen LogP contribution in [0, 0.1) is 5.92 Å². The van der Waals surface area contributed by atoms with Crippen LogP contribution in [0.1, 0.15) is 40.5 Å². The summed E-state index contributed by atoms with van der Waals surface area (Å²) >= 11 is 0. The van der Waals surface area contributed by atoms with Gasteiger partial charge >= 0.3 is 0 Å². The number of nitrogens with two attached hydrogens (primary N) is 1. The van der Waals surface area contributed by atoms with Crippen molar-refractivity contribution in [2.24, 2.45) is 11.7 Å². The van der Waals surface area contributed by atoms with Gasteiger partial charge in [0.2, 0.25) is 0 Å². The van der Waals surface area contributed by atoms with Crippen molar-refractivity contribution >= 4 is 0 Å². The Morgan fingerprint density at radius 1 is 1.11 bits per heavy atom. The quantitative estimate of drug-likeness (QED) is 0.847. The highest BCUT2D eigenvalue weighted by atomic mass is 16.5. The van der Waals surface area contributed by atoms with Gasteiger partial charge in [-0.1, -0.05) is 0 Å². The molecule has 19 heavy (non-hydrogen) atoms. The first kappa shape index (κ1) is 15.2. The fourth-order valence-electron chi connectivity index (χ4n) is 3.82. The molecule has 1 atom stereocenters. The maximum atomic E-state index is 6.17. The second kappa shape index (κ2) is 5.68. The number of ether oxygens (including phenoxy) is 2. The molecule has 0 aliphatic carbocycles. The summed E-state index contributed by atoms with van der Waals surface area (Å²) in [6.45, 7) is 13.2. The predicted molar refractivity (Wildman–Crippen MR) is 77.2 cm³/mol. The highest BCUT2D eigenvalue weighted by Gasteiger charge is 2.42. The van der Waals surface area contributed by atoms with E-state index in [2.05, 4.69) is 32.6 Å². The molecule has 2 fully saturated rings. The normalized spacial score (nSPS) is 30.2. The lowest BCUT2D eigenvalue weighted by molar-refractivity contribution is -0.191. The molecule has 2 saturated heterocycles. The van der Waals surface area contributed by atoms with Crippen LogP contribution >= 0.6 is 0 Å². The number of morpholine rings is 1. The van der Waals surface area contributed by atoms with Gasteiger partial charge in [0.1, 0.15) is 0 Å². The molecule has 4 heteroatoms. The van der Waals surface area contributed by atoms with Gasteiger partial charge in [-0.2, -0.15) is 0 Å². The van der Waals surface area contributed by atoms with Gasteiger partial charge in [-0.3, -0.25) is 4.90 Å². The van der Waals surface area contributed by atoms with Crippen molar-refractivity contribution < 1.29 is 9.47 Å². The summed E-state index contributed by atoms with van der Waals surface area (Å²) < 4.78 is 11.6. The Morgan fingerprint density at radius 2 is 1.63 bits per heavy atom. The average molecular weight is 270 g/mol. The molecule has 1 unspecified atom stereocenters. The summed E-state index contributed by atoms with van der Waals surface area (Å²) in [5, 5.41) is 0. The van der Waals surface area contributed by atoms with E-state index in [0.717, 1.165) is 45.7 Å². The topological polar surface area (TPSA) is 47.7 Å². The van der Waals surface area contributed by atoms with Crippen molar-refractivity contribution in [1.29, 1.82) is 0 Å². The Kier molecular flexibility index (Phi) is 4.56. The molecule has 2 N–H and O–H groups in total. The lowest BCUT2D eigenvalue weighted by Crippen LogP contribution is -2.62. The van der Waals surface area contributed by atoms with Gasteiger partial charge in [-0.15, -0.1) is 0 Å². The van der Waals surface area contributed by atoms with Gasteiger partial charge < -0.3 is 15.2 Å². The summed E-state index contributed by atoms with van der Waals surface area (Å²) in [7, 11) is 0. The Balaban J connectivity index is 2.08. The summed E-state index contributed by atoms with van der Waals surface area (Å²) in [5.74, 6) is 0.670. The zero-order chi connectivity index (χ0) is 14.1. The lowest BCUT2D eigenvalue weighted by Gasteiger charge is -2.51. The van der Waals surface area contributed by atoms with Crippen LogP contribution in [0.4, 0.5) is 0 Å². The minimum absolute atomic E-state index is 0.0969. The largest absolute Gasteiger partial charge is 0.381 e. The van der Waals surface area contributed by atoms with Gasteiger partial charge in [0, 0.05) is 38.9 Å². The molecule has 0 aromatic heterocycles. The molecule has 0 amide bonds. The number of hydrogen-bond donors (Lipinski definition) is 1. The fourth-order valence-corrected chi connectivity index (χ4v) is 3.82. The zero-order valence-corrected chi connectivity index (χ0v) is 12.9. The summed E-state index contributed by atoms with van der Waals surface area (Å²) in [5.41, 5.74) is 5.89. The third-order valence-corrected chi connectivity index (χ3v) is 4.24. The molecule has 4 nitrogen and oxygen atoms in total. The van der Waals surface area contributed by atoms with Crippen LogP contribution in [0.3, 0.4) is 0 Å². The standard InChI is InChI=1S/C15H30N2O2/c1-14(2)10-17(11-15(3,4)19-14)13(9-16)12-5-7-18-8-6-12/h12-13H,5-11,16H2,1-4H3. The van der Waals surface area contributed by atoms with Crippen molar-refractivity contribution in [3.05, 3.63) is 0 Å². The van der Waals surface area contributed by atoms with E-state index in [0.29, 0.717) is 12.0 Å². The van der Waals surface area contributed by atoms with Gasteiger partial charge in [0.05, 0.1) is 11.2 Å². The van der Waals surface area contributed by atoms with E-state index in [4.69, 9.17) is 15.2 Å². The smallest absolute Gasteiger partial charge is 0.0760 e. The zero-order valence-electron chi connectivity index (χ0n) is 12.9. The van der Waals surface area contributed by atoms with E-state index in [1.54, 1.807) is 0 Å². The highest BCUT2D eigenvalue weighted by Crippen LogP contribution is 2.32. The van der Waals surface area contributed by atoms with Gasteiger partial charge in [0.15, 0.2) is 0 Å². The first-order valence-corrected chi connectivity index (χ1v) is 7.55. The second-order valence-electron chi connectivity index (χ2n) is 7.28. The molecular formula is C15H30N2O2.